The van der Waals surface area contributed by atoms with E-state index in [0.717, 1.165) is 73.2 Å². The van der Waals surface area contributed by atoms with Gasteiger partial charge < -0.3 is 20.1 Å². The minimum Gasteiger partial charge on any atom is -0.489 e. The van der Waals surface area contributed by atoms with E-state index in [4.69, 9.17) is 9.47 Å². The van der Waals surface area contributed by atoms with Crippen LogP contribution >= 0.6 is 0 Å². The van der Waals surface area contributed by atoms with Crippen LogP contribution in [0.25, 0.3) is 16.6 Å². The minimum absolute atomic E-state index is 0.276. The molecule has 1 fully saturated rings. The number of nitriles is 1. The number of hydrogen-bond acceptors (Lipinski definition) is 8. The molecule has 192 valence electrons. The third kappa shape index (κ3) is 6.44. The minimum atomic E-state index is 0.276. The van der Waals surface area contributed by atoms with E-state index in [1.54, 1.807) is 12.7 Å². The third-order valence-electron chi connectivity index (χ3n) is 6.55. The Morgan fingerprint density at radius 1 is 1.08 bits per heavy atom. The fourth-order valence-electron chi connectivity index (χ4n) is 4.26. The van der Waals surface area contributed by atoms with Crippen LogP contribution in [0, 0.1) is 11.3 Å². The smallest absolute Gasteiger partial charge is 0.137 e. The van der Waals surface area contributed by atoms with Gasteiger partial charge >= 0.3 is 0 Å². The van der Waals surface area contributed by atoms with Crippen molar-refractivity contribution in [1.82, 2.24) is 30.3 Å². The van der Waals surface area contributed by atoms with Crippen LogP contribution in [0.1, 0.15) is 43.2 Å². The van der Waals surface area contributed by atoms with Crippen molar-refractivity contribution in [3.63, 3.8) is 0 Å². The van der Waals surface area contributed by atoms with Gasteiger partial charge in [0.15, 0.2) is 0 Å². The van der Waals surface area contributed by atoms with Gasteiger partial charge in [-0.1, -0.05) is 6.07 Å². The summed E-state index contributed by atoms with van der Waals surface area (Å²) in [6, 6.07) is 12.2. The fourth-order valence-corrected chi connectivity index (χ4v) is 4.26. The van der Waals surface area contributed by atoms with Crippen LogP contribution in [-0.2, 0) is 11.3 Å². The maximum Gasteiger partial charge on any atom is 0.137 e. The van der Waals surface area contributed by atoms with E-state index in [2.05, 4.69) is 43.2 Å². The summed E-state index contributed by atoms with van der Waals surface area (Å²) < 4.78 is 13.6. The largest absolute Gasteiger partial charge is 0.489 e. The van der Waals surface area contributed by atoms with Crippen molar-refractivity contribution >= 4 is 16.6 Å². The van der Waals surface area contributed by atoms with Crippen molar-refractivity contribution in [2.24, 2.45) is 0 Å². The molecule has 4 aromatic rings. The Morgan fingerprint density at radius 3 is 2.78 bits per heavy atom. The van der Waals surface area contributed by atoms with Crippen molar-refractivity contribution in [3.05, 3.63) is 60.3 Å². The second-order valence-corrected chi connectivity index (χ2v) is 9.23. The van der Waals surface area contributed by atoms with Crippen LogP contribution < -0.4 is 15.4 Å². The second-order valence-electron chi connectivity index (χ2n) is 9.23. The number of benzene rings is 2. The van der Waals surface area contributed by atoms with Gasteiger partial charge in [-0.3, -0.25) is 9.67 Å². The van der Waals surface area contributed by atoms with Crippen molar-refractivity contribution in [3.8, 4) is 17.5 Å². The quantitative estimate of drug-likeness (QED) is 0.222. The van der Waals surface area contributed by atoms with E-state index in [-0.39, 0.29) is 6.10 Å². The van der Waals surface area contributed by atoms with Gasteiger partial charge in [-0.05, 0) is 68.5 Å². The molecule has 2 aromatic carbocycles. The standard InChI is InChI=1S/C27H32N8O2/c28-15-21-12-20(6-7-27(21)37-23-4-3-5-23)16-29-8-1-2-10-36-11-9-30-25-13-22(35-18-32-33-19-35)14-26-24(25)17-31-34-26/h6-7,12-14,17-19,23,29-30H,1-5,8-11,16H2,(H,31,34). The molecule has 5 rings (SSSR count). The molecule has 1 aliphatic rings. The lowest BCUT2D eigenvalue weighted by Crippen LogP contribution is -2.25. The lowest BCUT2D eigenvalue weighted by atomic mass is 9.96. The number of unbranched alkanes of at least 4 members (excludes halogenated alkanes) is 1. The van der Waals surface area contributed by atoms with Gasteiger partial charge in [-0.15, -0.1) is 10.2 Å². The van der Waals surface area contributed by atoms with Crippen LogP contribution in [0.5, 0.6) is 5.75 Å². The first-order chi connectivity index (χ1) is 18.3. The maximum atomic E-state index is 9.45. The number of ether oxygens (including phenoxy) is 2. The van der Waals surface area contributed by atoms with Gasteiger partial charge in [-0.2, -0.15) is 10.4 Å². The number of nitrogens with one attached hydrogen (secondary N) is 3. The molecule has 0 saturated heterocycles. The Morgan fingerprint density at radius 2 is 1.97 bits per heavy atom. The molecule has 1 saturated carbocycles. The molecular formula is C27H32N8O2. The molecule has 2 heterocycles. The molecule has 3 N–H and O–H groups in total. The third-order valence-corrected chi connectivity index (χ3v) is 6.55. The molecule has 0 aliphatic heterocycles. The van der Waals surface area contributed by atoms with Crippen LogP contribution in [-0.4, -0.2) is 57.4 Å². The topological polar surface area (TPSA) is 126 Å². The van der Waals surface area contributed by atoms with Gasteiger partial charge in [0, 0.05) is 30.8 Å². The average Bonchev–Trinajstić information content (AvgIpc) is 3.60. The fraction of sp³-hybridized carbons (Fsp3) is 0.407. The summed E-state index contributed by atoms with van der Waals surface area (Å²) >= 11 is 0. The zero-order valence-electron chi connectivity index (χ0n) is 20.8. The summed E-state index contributed by atoms with van der Waals surface area (Å²) in [5.41, 5.74) is 4.61. The molecule has 0 amide bonds. The summed E-state index contributed by atoms with van der Waals surface area (Å²) in [5.74, 6) is 0.708. The molecule has 2 aromatic heterocycles. The summed E-state index contributed by atoms with van der Waals surface area (Å²) in [4.78, 5) is 0. The van der Waals surface area contributed by atoms with Gasteiger partial charge in [0.25, 0.3) is 0 Å². The monoisotopic (exact) mass is 500 g/mol. The first-order valence-electron chi connectivity index (χ1n) is 12.8. The summed E-state index contributed by atoms with van der Waals surface area (Å²) in [5, 5.41) is 32.3. The lowest BCUT2D eigenvalue weighted by Gasteiger charge is -2.26. The van der Waals surface area contributed by atoms with E-state index in [1.165, 1.54) is 6.42 Å². The van der Waals surface area contributed by atoms with Crippen LogP contribution in [0.2, 0.25) is 0 Å². The second kappa shape index (κ2) is 12.3. The highest BCUT2D eigenvalue weighted by Gasteiger charge is 2.20. The molecule has 10 nitrogen and oxygen atoms in total. The van der Waals surface area contributed by atoms with Gasteiger partial charge in [-0.25, -0.2) is 0 Å². The molecule has 37 heavy (non-hydrogen) atoms. The number of nitrogens with zero attached hydrogens (tertiary/aromatic N) is 5. The molecule has 0 bridgehead atoms. The summed E-state index contributed by atoms with van der Waals surface area (Å²) in [7, 11) is 0. The summed E-state index contributed by atoms with van der Waals surface area (Å²) in [6.07, 6.45) is 10.8. The van der Waals surface area contributed by atoms with E-state index in [9.17, 15) is 5.26 Å². The summed E-state index contributed by atoms with van der Waals surface area (Å²) in [6.45, 7) is 3.68. The normalized spacial score (nSPS) is 13.4. The Bertz CT molecular complexity index is 1320. The van der Waals surface area contributed by atoms with Gasteiger partial charge in [0.1, 0.15) is 24.5 Å². The Balaban J connectivity index is 0.965. The molecule has 10 heteroatoms. The van der Waals surface area contributed by atoms with E-state index in [1.807, 2.05) is 35.0 Å². The number of H-pyrrole nitrogens is 1. The molecule has 0 radical (unpaired) electrons. The van der Waals surface area contributed by atoms with Crippen LogP contribution in [0.4, 0.5) is 5.69 Å². The lowest BCUT2D eigenvalue weighted by molar-refractivity contribution is 0.120. The van der Waals surface area contributed by atoms with E-state index >= 15 is 0 Å². The number of rotatable bonds is 14. The number of hydrogen-bond donors (Lipinski definition) is 3. The van der Waals surface area contributed by atoms with Crippen LogP contribution in [0.15, 0.2) is 49.2 Å². The van der Waals surface area contributed by atoms with E-state index < -0.39 is 0 Å². The molecule has 0 atom stereocenters. The highest BCUT2D eigenvalue weighted by Crippen LogP contribution is 2.28. The van der Waals surface area contributed by atoms with Crippen molar-refractivity contribution in [1.29, 1.82) is 5.26 Å². The predicted molar refractivity (Wildman–Crippen MR) is 141 cm³/mol. The number of aromatic nitrogens is 5. The average molecular weight is 501 g/mol. The highest BCUT2D eigenvalue weighted by molar-refractivity contribution is 5.93. The molecule has 1 aliphatic carbocycles. The number of anilines is 1. The highest BCUT2D eigenvalue weighted by atomic mass is 16.5. The van der Waals surface area contributed by atoms with Crippen molar-refractivity contribution in [2.45, 2.75) is 44.8 Å². The van der Waals surface area contributed by atoms with Crippen molar-refractivity contribution < 1.29 is 9.47 Å². The molecule has 0 spiro atoms. The molecular weight excluding hydrogens is 468 g/mol. The SMILES string of the molecule is N#Cc1cc(CNCCCCOCCNc2cc(-n3cnnc3)cc3[nH]ncc23)ccc1OC1CCC1. The molecule has 0 unspecified atom stereocenters. The Kier molecular flexibility index (Phi) is 8.25. The number of aromatic amines is 1. The van der Waals surface area contributed by atoms with Gasteiger partial charge in [0.05, 0.1) is 35.7 Å². The van der Waals surface area contributed by atoms with Gasteiger partial charge in [0.2, 0.25) is 0 Å². The van der Waals surface area contributed by atoms with Crippen LogP contribution in [0.3, 0.4) is 0 Å². The first kappa shape index (κ1) is 24.7. The predicted octanol–water partition coefficient (Wildman–Crippen LogP) is 3.95. The Labute approximate surface area is 216 Å². The zero-order chi connectivity index (χ0) is 25.3. The zero-order valence-corrected chi connectivity index (χ0v) is 20.8. The number of fused-ring (bicyclic) bond motifs is 1. The maximum absolute atomic E-state index is 9.45. The van der Waals surface area contributed by atoms with Crippen molar-refractivity contribution in [2.75, 3.05) is 31.6 Å². The first-order valence-corrected chi connectivity index (χ1v) is 12.8. The van der Waals surface area contributed by atoms with E-state index in [0.29, 0.717) is 24.5 Å². The Hall–Kier alpha value is -3.94.